The van der Waals surface area contributed by atoms with Crippen LogP contribution in [0.1, 0.15) is 6.23 Å². The van der Waals surface area contributed by atoms with Crippen LogP contribution in [0.2, 0.25) is 0 Å². The Kier molecular flexibility index (Phi) is 9.66. The molecule has 0 aromatic carbocycles. The van der Waals surface area contributed by atoms with Crippen LogP contribution < -0.4 is 11.2 Å². The second-order valence-corrected chi connectivity index (χ2v) is 11.7. The Labute approximate surface area is 189 Å². The average Bonchev–Trinajstić information content (AvgIpc) is 3.08. The van der Waals surface area contributed by atoms with E-state index in [9.17, 15) is 42.1 Å². The lowest BCUT2D eigenvalue weighted by molar-refractivity contribution is -0.0558. The lowest BCUT2D eigenvalue weighted by atomic mass is 9.99. The third-order valence-corrected chi connectivity index (χ3v) is 9.37. The van der Waals surface area contributed by atoms with Gasteiger partial charge in [-0.3, -0.25) is 32.4 Å². The molecule has 1 aliphatic heterocycles. The maximum atomic E-state index is 13.6. The molecule has 16 nitrogen and oxygen atoms in total. The molecule has 7 atom stereocenters. The van der Waals surface area contributed by atoms with Gasteiger partial charge in [-0.2, -0.15) is 8.62 Å². The average molecular weight is 560 g/mol. The molecule has 2 heterocycles. The van der Waals surface area contributed by atoms with E-state index in [1.807, 2.05) is 4.98 Å². The summed E-state index contributed by atoms with van der Waals surface area (Å²) in [6, 6.07) is 0.883. The Hall–Kier alpha value is -1.13. The number of halogens is 2. The highest BCUT2D eigenvalue weighted by atomic mass is 31.3. The third-order valence-electron chi connectivity index (χ3n) is 4.32. The number of alkyl halides is 2. The number of ether oxygens (including phenoxy) is 1. The van der Waals surface area contributed by atoms with E-state index in [4.69, 9.17) is 9.26 Å². The summed E-state index contributed by atoms with van der Waals surface area (Å²) in [4.78, 5) is 34.3. The zero-order valence-electron chi connectivity index (χ0n) is 17.6. The van der Waals surface area contributed by atoms with Crippen molar-refractivity contribution in [2.45, 2.75) is 24.9 Å². The van der Waals surface area contributed by atoms with Gasteiger partial charge in [0.25, 0.3) is 5.56 Å². The van der Waals surface area contributed by atoms with Gasteiger partial charge in [0.2, 0.25) is 6.43 Å². The highest BCUT2D eigenvalue weighted by molar-refractivity contribution is 7.67. The van der Waals surface area contributed by atoms with Gasteiger partial charge in [-0.25, -0.2) is 27.3 Å². The molecule has 1 saturated heterocycles. The zero-order chi connectivity index (χ0) is 25.9. The van der Waals surface area contributed by atoms with Gasteiger partial charge in [-0.15, -0.1) is 0 Å². The monoisotopic (exact) mass is 560 g/mol. The van der Waals surface area contributed by atoms with E-state index in [-0.39, 0.29) is 0 Å². The number of rotatable bonds is 12. The van der Waals surface area contributed by atoms with E-state index >= 15 is 0 Å². The number of nitrogens with zero attached hydrogens (tertiary/aromatic N) is 1. The molecule has 0 bridgehead atoms. The maximum absolute atomic E-state index is 13.6. The molecule has 196 valence electrons. The topological polar surface area (TPSA) is 211 Å². The molecule has 1 fully saturated rings. The highest BCUT2D eigenvalue weighted by Gasteiger charge is 2.51. The van der Waals surface area contributed by atoms with Crippen LogP contribution in [-0.4, -0.2) is 66.1 Å². The Morgan fingerprint density at radius 2 is 1.74 bits per heavy atom. The zero-order valence-corrected chi connectivity index (χ0v) is 20.3. The van der Waals surface area contributed by atoms with Gasteiger partial charge >= 0.3 is 29.2 Å². The van der Waals surface area contributed by atoms with Crippen LogP contribution in [0.3, 0.4) is 0 Å². The van der Waals surface area contributed by atoms with Crippen LogP contribution in [0.4, 0.5) is 8.78 Å². The molecule has 34 heavy (non-hydrogen) atoms. The van der Waals surface area contributed by atoms with Crippen LogP contribution in [0, 0.1) is 5.92 Å². The number of phosphoric ester groups is 2. The van der Waals surface area contributed by atoms with E-state index in [0.29, 0.717) is 18.8 Å². The molecule has 1 aromatic rings. The molecule has 2 rings (SSSR count). The first kappa shape index (κ1) is 29.1. The second kappa shape index (κ2) is 11.3. The number of aromatic amines is 1. The summed E-state index contributed by atoms with van der Waals surface area (Å²) in [5, 5.41) is 10.3. The van der Waals surface area contributed by atoms with Crippen LogP contribution in [0.15, 0.2) is 21.9 Å². The molecule has 3 N–H and O–H groups in total. The van der Waals surface area contributed by atoms with Crippen LogP contribution in [-0.2, 0) is 45.1 Å². The SMILES string of the molecule is COP(=O)(O)OP(=O)(OC)OP(=O)(OC)OCC1OC(n2ccc(=O)[nH]c2=O)C(O)C1C(F)F. The van der Waals surface area contributed by atoms with Crippen molar-refractivity contribution < 1.29 is 63.9 Å². The van der Waals surface area contributed by atoms with Crippen molar-refractivity contribution in [2.75, 3.05) is 27.9 Å². The first-order valence-electron chi connectivity index (χ1n) is 8.90. The standard InChI is InChI=1S/C13H21F2N2O14P3/c1-25-32(21,22)30-34(24,27-3)31-33(23,26-2)28-6-7-9(11(14)15)10(19)12(29-7)17-5-4-8(18)16-13(17)20/h4-5,7,9-12,19H,6H2,1-3H3,(H,21,22)(H,16,18,20). The summed E-state index contributed by atoms with van der Waals surface area (Å²) in [5.74, 6) is -1.99. The van der Waals surface area contributed by atoms with Crippen molar-refractivity contribution in [3.8, 4) is 0 Å². The fraction of sp³-hybridized carbons (Fsp3) is 0.692. The second-order valence-electron chi connectivity index (χ2n) is 6.35. The third kappa shape index (κ3) is 6.97. The van der Waals surface area contributed by atoms with E-state index in [1.54, 1.807) is 0 Å². The van der Waals surface area contributed by atoms with Crippen molar-refractivity contribution in [1.29, 1.82) is 0 Å². The highest BCUT2D eigenvalue weighted by Crippen LogP contribution is 2.71. The van der Waals surface area contributed by atoms with Crippen molar-refractivity contribution in [1.82, 2.24) is 9.55 Å². The van der Waals surface area contributed by atoms with Crippen LogP contribution >= 0.6 is 23.5 Å². The van der Waals surface area contributed by atoms with E-state index < -0.39 is 72.1 Å². The van der Waals surface area contributed by atoms with E-state index in [1.165, 1.54) is 0 Å². The Morgan fingerprint density at radius 1 is 1.12 bits per heavy atom. The molecule has 0 aliphatic carbocycles. The first-order chi connectivity index (χ1) is 15.7. The first-order valence-corrected chi connectivity index (χ1v) is 13.3. The van der Waals surface area contributed by atoms with Gasteiger partial charge in [0.05, 0.1) is 18.6 Å². The molecule has 0 amide bonds. The maximum Gasteiger partial charge on any atom is 0.492 e. The lowest BCUT2D eigenvalue weighted by Crippen LogP contribution is -2.37. The number of aliphatic hydroxyl groups excluding tert-OH is 1. The van der Waals surface area contributed by atoms with Gasteiger partial charge < -0.3 is 14.7 Å². The van der Waals surface area contributed by atoms with Crippen LogP contribution in [0.5, 0.6) is 0 Å². The minimum Gasteiger partial charge on any atom is -0.388 e. The Balaban J connectivity index is 2.23. The summed E-state index contributed by atoms with van der Waals surface area (Å²) < 4.78 is 96.1. The minimum atomic E-state index is -5.12. The molecule has 21 heteroatoms. The molecular formula is C13H21F2N2O14P3. The number of nitrogens with one attached hydrogen (secondary N) is 1. The van der Waals surface area contributed by atoms with E-state index in [0.717, 1.165) is 19.4 Å². The Bertz CT molecular complexity index is 1110. The Morgan fingerprint density at radius 3 is 2.24 bits per heavy atom. The number of hydrogen-bond donors (Lipinski definition) is 3. The molecule has 0 radical (unpaired) electrons. The lowest BCUT2D eigenvalue weighted by Gasteiger charge is -2.24. The predicted molar refractivity (Wildman–Crippen MR) is 105 cm³/mol. The number of aliphatic hydroxyl groups is 1. The molecular weight excluding hydrogens is 539 g/mol. The molecule has 0 saturated carbocycles. The summed E-state index contributed by atoms with van der Waals surface area (Å²) >= 11 is 0. The van der Waals surface area contributed by atoms with Gasteiger partial charge in [0.1, 0.15) is 6.10 Å². The fourth-order valence-electron chi connectivity index (χ4n) is 2.72. The van der Waals surface area contributed by atoms with E-state index in [2.05, 4.69) is 22.2 Å². The smallest absolute Gasteiger partial charge is 0.388 e. The molecule has 1 aliphatic rings. The largest absolute Gasteiger partial charge is 0.492 e. The predicted octanol–water partition coefficient (Wildman–Crippen LogP) is 0.982. The minimum absolute atomic E-state index is 0.643. The normalized spacial score (nSPS) is 28.4. The molecule has 1 aromatic heterocycles. The number of aromatic nitrogens is 2. The van der Waals surface area contributed by atoms with Crippen molar-refractivity contribution in [3.05, 3.63) is 33.1 Å². The summed E-state index contributed by atoms with van der Waals surface area (Å²) in [5.41, 5.74) is -1.86. The van der Waals surface area contributed by atoms with Crippen molar-refractivity contribution in [3.63, 3.8) is 0 Å². The van der Waals surface area contributed by atoms with Gasteiger partial charge in [-0.1, -0.05) is 0 Å². The molecule has 0 spiro atoms. The van der Waals surface area contributed by atoms with Crippen LogP contribution in [0.25, 0.3) is 0 Å². The summed E-state index contributed by atoms with van der Waals surface area (Å²) in [6.07, 6.45) is -7.76. The van der Waals surface area contributed by atoms with Crippen molar-refractivity contribution >= 4 is 23.5 Å². The van der Waals surface area contributed by atoms with Gasteiger partial charge in [-0.05, 0) is 0 Å². The molecule has 7 unspecified atom stereocenters. The summed E-state index contributed by atoms with van der Waals surface area (Å²) in [7, 11) is -13.0. The number of phosphoric acid groups is 3. The van der Waals surface area contributed by atoms with Crippen molar-refractivity contribution in [2.24, 2.45) is 5.92 Å². The fourth-order valence-corrected chi connectivity index (χ4v) is 6.79. The van der Waals surface area contributed by atoms with Gasteiger partial charge in [0, 0.05) is 33.6 Å². The number of hydrogen-bond acceptors (Lipinski definition) is 13. The number of H-pyrrole nitrogens is 1. The quantitative estimate of drug-likeness (QED) is 0.304. The van der Waals surface area contributed by atoms with Gasteiger partial charge in [0.15, 0.2) is 6.23 Å². The summed E-state index contributed by atoms with van der Waals surface area (Å²) in [6.45, 7) is -1.05.